The first-order valence-electron chi connectivity index (χ1n) is 7.08. The third kappa shape index (κ3) is 4.71. The van der Waals surface area contributed by atoms with Gasteiger partial charge in [0.1, 0.15) is 18.0 Å². The van der Waals surface area contributed by atoms with Crippen LogP contribution >= 0.6 is 0 Å². The highest BCUT2D eigenvalue weighted by molar-refractivity contribution is 5.46. The lowest BCUT2D eigenvalue weighted by atomic mass is 10.2. The summed E-state index contributed by atoms with van der Waals surface area (Å²) in [6.07, 6.45) is 5.21. The molecule has 0 spiro atoms. The zero-order valence-electron chi connectivity index (χ0n) is 12.5. The molecule has 0 saturated carbocycles. The molecule has 0 amide bonds. The second-order valence-corrected chi connectivity index (χ2v) is 5.22. The van der Waals surface area contributed by atoms with E-state index in [0.29, 0.717) is 24.8 Å². The van der Waals surface area contributed by atoms with Gasteiger partial charge in [0.15, 0.2) is 0 Å². The van der Waals surface area contributed by atoms with Crippen LogP contribution in [-0.2, 0) is 13.1 Å². The van der Waals surface area contributed by atoms with Gasteiger partial charge in [0.2, 0.25) is 0 Å². The summed E-state index contributed by atoms with van der Waals surface area (Å²) in [5, 5.41) is 15.1. The molecule has 0 bridgehead atoms. The van der Waals surface area contributed by atoms with Crippen molar-refractivity contribution in [2.75, 3.05) is 23.8 Å². The molecule has 0 aliphatic rings. The summed E-state index contributed by atoms with van der Waals surface area (Å²) in [7, 11) is 0. The van der Waals surface area contributed by atoms with Gasteiger partial charge in [-0.05, 0) is 5.92 Å². The second-order valence-electron chi connectivity index (χ2n) is 5.22. The van der Waals surface area contributed by atoms with E-state index in [9.17, 15) is 0 Å². The minimum absolute atomic E-state index is 0.0706. The Kier molecular flexibility index (Phi) is 5.51. The summed E-state index contributed by atoms with van der Waals surface area (Å²) >= 11 is 0. The number of rotatable bonds is 8. The first kappa shape index (κ1) is 15.2. The normalized spacial score (nSPS) is 10.9. The van der Waals surface area contributed by atoms with E-state index in [1.165, 1.54) is 6.33 Å². The quantitative estimate of drug-likeness (QED) is 0.680. The van der Waals surface area contributed by atoms with E-state index in [-0.39, 0.29) is 6.61 Å². The Bertz CT molecular complexity index is 554. The van der Waals surface area contributed by atoms with Gasteiger partial charge in [-0.2, -0.15) is 0 Å². The molecular weight excluding hydrogens is 268 g/mol. The van der Waals surface area contributed by atoms with E-state index in [4.69, 9.17) is 5.11 Å². The van der Waals surface area contributed by atoms with Crippen molar-refractivity contribution in [3.8, 4) is 0 Å². The predicted octanol–water partition coefficient (Wildman–Crippen LogP) is 1.35. The maximum absolute atomic E-state index is 8.80. The molecule has 7 nitrogen and oxygen atoms in total. The molecule has 0 radical (unpaired) electrons. The van der Waals surface area contributed by atoms with Crippen LogP contribution in [0.4, 0.5) is 11.6 Å². The summed E-state index contributed by atoms with van der Waals surface area (Å²) in [6, 6.07) is 1.82. The Morgan fingerprint density at radius 3 is 2.71 bits per heavy atom. The Morgan fingerprint density at radius 2 is 2.00 bits per heavy atom. The summed E-state index contributed by atoms with van der Waals surface area (Å²) in [5.41, 5.74) is 1.12. The van der Waals surface area contributed by atoms with Crippen LogP contribution in [0.3, 0.4) is 0 Å². The molecule has 114 valence electrons. The number of aliphatic hydroxyl groups excluding tert-OH is 1. The van der Waals surface area contributed by atoms with Crippen molar-refractivity contribution in [2.45, 2.75) is 26.9 Å². The van der Waals surface area contributed by atoms with Gasteiger partial charge in [-0.25, -0.2) is 15.0 Å². The molecule has 2 rings (SSSR count). The van der Waals surface area contributed by atoms with Gasteiger partial charge in [0, 0.05) is 25.4 Å². The summed E-state index contributed by atoms with van der Waals surface area (Å²) in [5.74, 6) is 2.01. The van der Waals surface area contributed by atoms with Crippen molar-refractivity contribution in [3.63, 3.8) is 0 Å². The van der Waals surface area contributed by atoms with E-state index in [0.717, 1.165) is 18.1 Å². The van der Waals surface area contributed by atoms with Gasteiger partial charge in [-0.15, -0.1) is 0 Å². The van der Waals surface area contributed by atoms with Crippen LogP contribution in [0, 0.1) is 5.92 Å². The molecule has 0 aromatic carbocycles. The van der Waals surface area contributed by atoms with Crippen LogP contribution in [-0.4, -0.2) is 37.8 Å². The van der Waals surface area contributed by atoms with Crippen molar-refractivity contribution in [1.82, 2.24) is 19.5 Å². The third-order valence-electron chi connectivity index (χ3n) is 2.90. The van der Waals surface area contributed by atoms with E-state index in [2.05, 4.69) is 44.0 Å². The SMILES string of the molecule is CC(C)Cn1cncc1CNc1cc(NCCO)ncn1. The fraction of sp³-hybridized carbons (Fsp3) is 0.500. The third-order valence-corrected chi connectivity index (χ3v) is 2.90. The Labute approximate surface area is 124 Å². The minimum atomic E-state index is 0.0706. The highest BCUT2D eigenvalue weighted by Crippen LogP contribution is 2.11. The van der Waals surface area contributed by atoms with E-state index < -0.39 is 0 Å². The smallest absolute Gasteiger partial charge is 0.131 e. The van der Waals surface area contributed by atoms with Gasteiger partial charge in [0.05, 0.1) is 25.2 Å². The number of aliphatic hydroxyl groups is 1. The molecule has 0 unspecified atom stereocenters. The topological polar surface area (TPSA) is 87.9 Å². The molecule has 0 aliphatic heterocycles. The summed E-state index contributed by atoms with van der Waals surface area (Å²) < 4.78 is 2.14. The largest absolute Gasteiger partial charge is 0.395 e. The van der Waals surface area contributed by atoms with Crippen molar-refractivity contribution >= 4 is 11.6 Å². The maximum Gasteiger partial charge on any atom is 0.131 e. The van der Waals surface area contributed by atoms with Gasteiger partial charge >= 0.3 is 0 Å². The molecular formula is C14H22N6O. The molecule has 2 aromatic heterocycles. The van der Waals surface area contributed by atoms with Crippen molar-refractivity contribution in [1.29, 1.82) is 0 Å². The summed E-state index contributed by atoms with van der Waals surface area (Å²) in [4.78, 5) is 12.5. The molecule has 0 fully saturated rings. The van der Waals surface area contributed by atoms with E-state index >= 15 is 0 Å². The highest BCUT2D eigenvalue weighted by atomic mass is 16.3. The average Bonchev–Trinajstić information content (AvgIpc) is 2.90. The molecule has 0 atom stereocenters. The molecule has 7 heteroatoms. The Hall–Kier alpha value is -2.15. The zero-order chi connectivity index (χ0) is 15.1. The molecule has 2 heterocycles. The first-order valence-corrected chi connectivity index (χ1v) is 7.08. The lowest BCUT2D eigenvalue weighted by Crippen LogP contribution is -2.11. The monoisotopic (exact) mass is 290 g/mol. The van der Waals surface area contributed by atoms with Crippen LogP contribution in [0.5, 0.6) is 0 Å². The first-order chi connectivity index (χ1) is 10.2. The number of aromatic nitrogens is 4. The lowest BCUT2D eigenvalue weighted by molar-refractivity contribution is 0.311. The van der Waals surface area contributed by atoms with Crippen molar-refractivity contribution in [3.05, 3.63) is 30.6 Å². The van der Waals surface area contributed by atoms with Crippen molar-refractivity contribution < 1.29 is 5.11 Å². The fourth-order valence-corrected chi connectivity index (χ4v) is 1.97. The number of hydrogen-bond donors (Lipinski definition) is 3. The van der Waals surface area contributed by atoms with Crippen LogP contribution in [0.2, 0.25) is 0 Å². The number of hydrogen-bond acceptors (Lipinski definition) is 6. The van der Waals surface area contributed by atoms with Gasteiger partial charge in [-0.1, -0.05) is 13.8 Å². The molecule has 21 heavy (non-hydrogen) atoms. The predicted molar refractivity (Wildman–Crippen MR) is 82.0 cm³/mol. The summed E-state index contributed by atoms with van der Waals surface area (Å²) in [6.45, 7) is 6.51. The molecule has 3 N–H and O–H groups in total. The minimum Gasteiger partial charge on any atom is -0.395 e. The van der Waals surface area contributed by atoms with Crippen LogP contribution in [0.15, 0.2) is 24.9 Å². The Balaban J connectivity index is 1.95. The van der Waals surface area contributed by atoms with Gasteiger partial charge in [-0.3, -0.25) is 0 Å². The van der Waals surface area contributed by atoms with E-state index in [1.54, 1.807) is 0 Å². The Morgan fingerprint density at radius 1 is 1.24 bits per heavy atom. The second kappa shape index (κ2) is 7.58. The number of nitrogens with zero attached hydrogens (tertiary/aromatic N) is 4. The van der Waals surface area contributed by atoms with Gasteiger partial charge in [0.25, 0.3) is 0 Å². The average molecular weight is 290 g/mol. The molecule has 0 saturated heterocycles. The lowest BCUT2D eigenvalue weighted by Gasteiger charge is -2.12. The number of imidazole rings is 1. The van der Waals surface area contributed by atoms with Crippen LogP contribution in [0.1, 0.15) is 19.5 Å². The van der Waals surface area contributed by atoms with Crippen LogP contribution in [0.25, 0.3) is 0 Å². The van der Waals surface area contributed by atoms with Crippen LogP contribution < -0.4 is 10.6 Å². The standard InChI is InChI=1S/C14H22N6O/c1-11(2)8-20-10-15-6-12(20)7-17-14-5-13(16-3-4-21)18-9-19-14/h5-6,9-11,21H,3-4,7-8H2,1-2H3,(H2,16,17,18,19). The number of nitrogens with one attached hydrogen (secondary N) is 2. The maximum atomic E-state index is 8.80. The van der Waals surface area contributed by atoms with Crippen molar-refractivity contribution in [2.24, 2.45) is 5.92 Å². The fourth-order valence-electron chi connectivity index (χ4n) is 1.97. The zero-order valence-corrected chi connectivity index (χ0v) is 12.5. The molecule has 0 aliphatic carbocycles. The molecule has 2 aromatic rings. The number of anilines is 2. The van der Waals surface area contributed by atoms with E-state index in [1.807, 2.05) is 18.6 Å². The van der Waals surface area contributed by atoms with Gasteiger partial charge < -0.3 is 20.3 Å². The highest BCUT2D eigenvalue weighted by Gasteiger charge is 2.05.